The monoisotopic (exact) mass is 219 g/mol. The topological polar surface area (TPSA) is 21.3 Å². The predicted molar refractivity (Wildman–Crippen MR) is 67.9 cm³/mol. The van der Waals surface area contributed by atoms with E-state index in [1.54, 1.807) is 0 Å². The zero-order valence-corrected chi connectivity index (χ0v) is 10.2. The van der Waals surface area contributed by atoms with Crippen molar-refractivity contribution < 1.29 is 4.74 Å². The predicted octanol–water partition coefficient (Wildman–Crippen LogP) is 3.36. The molecule has 0 radical (unpaired) electrons. The van der Waals surface area contributed by atoms with Crippen LogP contribution in [0.25, 0.3) is 0 Å². The van der Waals surface area contributed by atoms with Gasteiger partial charge in [-0.25, -0.2) is 0 Å². The highest BCUT2D eigenvalue weighted by molar-refractivity contribution is 5.50. The van der Waals surface area contributed by atoms with Crippen LogP contribution in [0.15, 0.2) is 24.3 Å². The minimum atomic E-state index is 0.440. The molecule has 1 aromatic carbocycles. The van der Waals surface area contributed by atoms with Gasteiger partial charge in [-0.15, -0.1) is 0 Å². The molecular weight excluding hydrogens is 198 g/mol. The Hall–Kier alpha value is -1.02. The molecule has 16 heavy (non-hydrogen) atoms. The number of hydrogen-bond donors (Lipinski definition) is 1. The van der Waals surface area contributed by atoms with Crippen molar-refractivity contribution in [3.05, 3.63) is 29.8 Å². The average Bonchev–Trinajstić information content (AvgIpc) is 2.32. The molecule has 1 aromatic rings. The molecule has 2 atom stereocenters. The molecule has 0 aromatic heterocycles. The molecule has 1 saturated heterocycles. The number of aryl methyl sites for hydroxylation is 1. The Morgan fingerprint density at radius 2 is 2.19 bits per heavy atom. The van der Waals surface area contributed by atoms with E-state index in [-0.39, 0.29) is 0 Å². The largest absolute Gasteiger partial charge is 0.382 e. The molecule has 1 N–H and O–H groups in total. The summed E-state index contributed by atoms with van der Waals surface area (Å²) >= 11 is 0. The lowest BCUT2D eigenvalue weighted by Crippen LogP contribution is -2.33. The third-order valence-electron chi connectivity index (χ3n) is 3.33. The van der Waals surface area contributed by atoms with E-state index in [1.165, 1.54) is 11.3 Å². The van der Waals surface area contributed by atoms with Crippen molar-refractivity contribution in [3.63, 3.8) is 0 Å². The lowest BCUT2D eigenvalue weighted by molar-refractivity contribution is 0.00925. The number of ether oxygens (including phenoxy) is 1. The SMILES string of the molecule is CCC1CC(Nc2ccccc2C)CCO1. The van der Waals surface area contributed by atoms with Gasteiger partial charge in [0.2, 0.25) is 0 Å². The van der Waals surface area contributed by atoms with Gasteiger partial charge in [0, 0.05) is 18.3 Å². The molecule has 2 unspecified atom stereocenters. The zero-order chi connectivity index (χ0) is 11.4. The Morgan fingerprint density at radius 3 is 2.94 bits per heavy atom. The highest BCUT2D eigenvalue weighted by Crippen LogP contribution is 2.22. The van der Waals surface area contributed by atoms with Gasteiger partial charge in [0.15, 0.2) is 0 Å². The van der Waals surface area contributed by atoms with E-state index >= 15 is 0 Å². The van der Waals surface area contributed by atoms with E-state index in [0.29, 0.717) is 12.1 Å². The van der Waals surface area contributed by atoms with E-state index in [2.05, 4.69) is 43.4 Å². The number of anilines is 1. The van der Waals surface area contributed by atoms with E-state index in [9.17, 15) is 0 Å². The molecule has 0 saturated carbocycles. The van der Waals surface area contributed by atoms with E-state index in [4.69, 9.17) is 4.74 Å². The van der Waals surface area contributed by atoms with Gasteiger partial charge in [0.25, 0.3) is 0 Å². The first-order valence-corrected chi connectivity index (χ1v) is 6.23. The highest BCUT2D eigenvalue weighted by atomic mass is 16.5. The summed E-state index contributed by atoms with van der Waals surface area (Å²) in [4.78, 5) is 0. The van der Waals surface area contributed by atoms with Crippen molar-refractivity contribution >= 4 is 5.69 Å². The molecular formula is C14H21NO. The first kappa shape index (κ1) is 11.5. The van der Waals surface area contributed by atoms with Crippen LogP contribution in [0.2, 0.25) is 0 Å². The van der Waals surface area contributed by atoms with Gasteiger partial charge >= 0.3 is 0 Å². The first-order valence-electron chi connectivity index (χ1n) is 6.23. The Morgan fingerprint density at radius 1 is 1.38 bits per heavy atom. The lowest BCUT2D eigenvalue weighted by atomic mass is 10.0. The van der Waals surface area contributed by atoms with Crippen molar-refractivity contribution in [1.29, 1.82) is 0 Å². The molecule has 1 aliphatic heterocycles. The summed E-state index contributed by atoms with van der Waals surface area (Å²) in [5.41, 5.74) is 2.59. The van der Waals surface area contributed by atoms with E-state index < -0.39 is 0 Å². The first-order chi connectivity index (χ1) is 7.79. The number of benzene rings is 1. The second-order valence-corrected chi connectivity index (χ2v) is 4.58. The smallest absolute Gasteiger partial charge is 0.0592 e. The minimum absolute atomic E-state index is 0.440. The fourth-order valence-electron chi connectivity index (χ4n) is 2.25. The maximum absolute atomic E-state index is 5.69. The molecule has 0 aliphatic carbocycles. The second kappa shape index (κ2) is 5.35. The lowest BCUT2D eigenvalue weighted by Gasteiger charge is -2.30. The Balaban J connectivity index is 1.97. The van der Waals surface area contributed by atoms with Crippen LogP contribution in [0, 0.1) is 6.92 Å². The third kappa shape index (κ3) is 2.76. The van der Waals surface area contributed by atoms with Gasteiger partial charge in [-0.3, -0.25) is 0 Å². The van der Waals surface area contributed by atoms with Crippen molar-refractivity contribution in [2.45, 2.75) is 45.3 Å². The minimum Gasteiger partial charge on any atom is -0.382 e. The van der Waals surface area contributed by atoms with Crippen molar-refractivity contribution in [2.75, 3.05) is 11.9 Å². The van der Waals surface area contributed by atoms with Crippen molar-refractivity contribution in [3.8, 4) is 0 Å². The molecule has 88 valence electrons. The number of para-hydroxylation sites is 1. The second-order valence-electron chi connectivity index (χ2n) is 4.58. The van der Waals surface area contributed by atoms with Gasteiger partial charge in [0.1, 0.15) is 0 Å². The standard InChI is InChI=1S/C14H21NO/c1-3-13-10-12(8-9-16-13)15-14-7-5-4-6-11(14)2/h4-7,12-13,15H,3,8-10H2,1-2H3. The maximum Gasteiger partial charge on any atom is 0.0592 e. The van der Waals surface area contributed by atoms with Crippen molar-refractivity contribution in [1.82, 2.24) is 0 Å². The van der Waals surface area contributed by atoms with Crippen LogP contribution in [0.3, 0.4) is 0 Å². The summed E-state index contributed by atoms with van der Waals surface area (Å²) in [6, 6.07) is 9.05. The number of hydrogen-bond acceptors (Lipinski definition) is 2. The van der Waals surface area contributed by atoms with Crippen LogP contribution in [0.4, 0.5) is 5.69 Å². The van der Waals surface area contributed by atoms with Gasteiger partial charge < -0.3 is 10.1 Å². The Bertz CT molecular complexity index is 337. The maximum atomic E-state index is 5.69. The van der Waals surface area contributed by atoms with Crippen LogP contribution in [0.5, 0.6) is 0 Å². The molecule has 2 heteroatoms. The molecule has 1 aliphatic rings. The Kier molecular flexibility index (Phi) is 3.83. The fraction of sp³-hybridized carbons (Fsp3) is 0.571. The molecule has 0 spiro atoms. The molecule has 1 heterocycles. The van der Waals surface area contributed by atoms with Crippen LogP contribution in [0.1, 0.15) is 31.7 Å². The van der Waals surface area contributed by atoms with Gasteiger partial charge in [-0.2, -0.15) is 0 Å². The highest BCUT2D eigenvalue weighted by Gasteiger charge is 2.21. The average molecular weight is 219 g/mol. The summed E-state index contributed by atoms with van der Waals surface area (Å²) in [6.45, 7) is 5.24. The number of nitrogens with one attached hydrogen (secondary N) is 1. The van der Waals surface area contributed by atoms with Gasteiger partial charge in [-0.1, -0.05) is 25.1 Å². The summed E-state index contributed by atoms with van der Waals surface area (Å²) in [5, 5.41) is 3.63. The van der Waals surface area contributed by atoms with Crippen LogP contribution >= 0.6 is 0 Å². The molecule has 0 bridgehead atoms. The quantitative estimate of drug-likeness (QED) is 0.841. The number of rotatable bonds is 3. The molecule has 2 rings (SSSR count). The van der Waals surface area contributed by atoms with Crippen LogP contribution in [-0.2, 0) is 4.74 Å². The summed E-state index contributed by atoms with van der Waals surface area (Å²) < 4.78 is 5.69. The molecule has 0 amide bonds. The molecule has 1 fully saturated rings. The summed E-state index contributed by atoms with van der Waals surface area (Å²) in [6.07, 6.45) is 3.80. The van der Waals surface area contributed by atoms with Crippen LogP contribution in [-0.4, -0.2) is 18.8 Å². The fourth-order valence-corrected chi connectivity index (χ4v) is 2.25. The van der Waals surface area contributed by atoms with E-state index in [0.717, 1.165) is 25.9 Å². The third-order valence-corrected chi connectivity index (χ3v) is 3.33. The van der Waals surface area contributed by atoms with Crippen molar-refractivity contribution in [2.24, 2.45) is 0 Å². The van der Waals surface area contributed by atoms with Gasteiger partial charge in [-0.05, 0) is 37.8 Å². The van der Waals surface area contributed by atoms with E-state index in [1.807, 2.05) is 0 Å². The van der Waals surface area contributed by atoms with Crippen LogP contribution < -0.4 is 5.32 Å². The summed E-state index contributed by atoms with van der Waals surface area (Å²) in [5.74, 6) is 0. The zero-order valence-electron chi connectivity index (χ0n) is 10.2. The van der Waals surface area contributed by atoms with Gasteiger partial charge in [0.05, 0.1) is 6.10 Å². The summed E-state index contributed by atoms with van der Waals surface area (Å²) in [7, 11) is 0. The Labute approximate surface area is 98.0 Å². The normalized spacial score (nSPS) is 25.4. The molecule has 2 nitrogen and oxygen atoms in total.